The van der Waals surface area contributed by atoms with Crippen LogP contribution in [0.5, 0.6) is 17.2 Å². The largest absolute Gasteiger partial charge is 0.507 e. The molecule has 0 radical (unpaired) electrons. The Labute approximate surface area is 125 Å². The molecule has 0 bridgehead atoms. The Morgan fingerprint density at radius 1 is 1.10 bits per heavy atom. The second kappa shape index (κ2) is 6.97. The molecule has 0 saturated heterocycles. The van der Waals surface area contributed by atoms with E-state index in [0.29, 0.717) is 12.0 Å². The van der Waals surface area contributed by atoms with E-state index in [4.69, 9.17) is 4.74 Å². The summed E-state index contributed by atoms with van der Waals surface area (Å²) in [6.07, 6.45) is 3.83. The SMILES string of the molecule is CC(=O)c1c(O)cc(O)c(CC=C(C)C)c1OC=C(C)C. The standard InChI is InChI=1S/C17H22O4/c1-10(2)6-7-13-14(19)8-15(20)16(12(5)18)17(13)21-9-11(3)4/h6,8-9,19-20H,7H2,1-5H3. The first-order chi connectivity index (χ1) is 9.73. The highest BCUT2D eigenvalue weighted by Gasteiger charge is 2.21. The normalized spacial score (nSPS) is 9.95. The number of carbonyl (C=O) groups is 1. The summed E-state index contributed by atoms with van der Waals surface area (Å²) in [6.45, 7) is 8.95. The molecule has 21 heavy (non-hydrogen) atoms. The highest BCUT2D eigenvalue weighted by atomic mass is 16.5. The van der Waals surface area contributed by atoms with Gasteiger partial charge in [0.05, 0.1) is 6.26 Å². The Bertz CT molecular complexity index is 602. The fourth-order valence-electron chi connectivity index (χ4n) is 1.82. The lowest BCUT2D eigenvalue weighted by Crippen LogP contribution is -2.02. The molecule has 4 nitrogen and oxygen atoms in total. The molecular weight excluding hydrogens is 268 g/mol. The summed E-state index contributed by atoms with van der Waals surface area (Å²) in [6, 6.07) is 1.18. The third-order valence-electron chi connectivity index (χ3n) is 2.82. The highest BCUT2D eigenvalue weighted by Crippen LogP contribution is 2.39. The summed E-state index contributed by atoms with van der Waals surface area (Å²) in [7, 11) is 0. The number of phenols is 2. The highest BCUT2D eigenvalue weighted by molar-refractivity contribution is 6.00. The van der Waals surface area contributed by atoms with Crippen LogP contribution in [-0.4, -0.2) is 16.0 Å². The molecular formula is C17H22O4. The molecule has 0 aromatic heterocycles. The number of carbonyl (C=O) groups excluding carboxylic acids is 1. The molecule has 2 N–H and O–H groups in total. The van der Waals surface area contributed by atoms with Crippen LogP contribution < -0.4 is 4.74 Å². The predicted octanol–water partition coefficient (Wildman–Crippen LogP) is 4.11. The summed E-state index contributed by atoms with van der Waals surface area (Å²) >= 11 is 0. The van der Waals surface area contributed by atoms with E-state index in [1.807, 2.05) is 33.8 Å². The molecule has 1 rings (SSSR count). The van der Waals surface area contributed by atoms with E-state index in [-0.39, 0.29) is 28.6 Å². The molecule has 0 atom stereocenters. The zero-order chi connectivity index (χ0) is 16.2. The lowest BCUT2D eigenvalue weighted by molar-refractivity contribution is 0.101. The number of rotatable bonds is 5. The zero-order valence-corrected chi connectivity index (χ0v) is 13.2. The number of ether oxygens (including phenoxy) is 1. The van der Waals surface area contributed by atoms with Gasteiger partial charge in [-0.15, -0.1) is 0 Å². The molecule has 0 saturated carbocycles. The van der Waals surface area contributed by atoms with Crippen molar-refractivity contribution >= 4 is 5.78 Å². The van der Waals surface area contributed by atoms with Gasteiger partial charge in [-0.25, -0.2) is 0 Å². The fraction of sp³-hybridized carbons (Fsp3) is 0.353. The summed E-state index contributed by atoms with van der Waals surface area (Å²) in [5, 5.41) is 20.0. The molecule has 0 aliphatic carbocycles. The number of allylic oxidation sites excluding steroid dienone is 3. The van der Waals surface area contributed by atoms with Gasteiger partial charge in [-0.3, -0.25) is 4.79 Å². The molecule has 0 heterocycles. The van der Waals surface area contributed by atoms with Gasteiger partial charge in [0.15, 0.2) is 5.78 Å². The van der Waals surface area contributed by atoms with Crippen LogP contribution in [0.25, 0.3) is 0 Å². The first-order valence-corrected chi connectivity index (χ1v) is 6.76. The number of aromatic hydroxyl groups is 2. The first kappa shape index (κ1) is 16.8. The van der Waals surface area contributed by atoms with Gasteiger partial charge in [0, 0.05) is 11.6 Å². The van der Waals surface area contributed by atoms with Crippen LogP contribution in [0, 0.1) is 0 Å². The van der Waals surface area contributed by atoms with Gasteiger partial charge in [0.2, 0.25) is 0 Å². The Hall–Kier alpha value is -2.23. The van der Waals surface area contributed by atoms with Gasteiger partial charge < -0.3 is 14.9 Å². The van der Waals surface area contributed by atoms with E-state index >= 15 is 0 Å². The van der Waals surface area contributed by atoms with E-state index in [1.54, 1.807) is 0 Å². The number of benzene rings is 1. The zero-order valence-electron chi connectivity index (χ0n) is 13.2. The van der Waals surface area contributed by atoms with Crippen LogP contribution in [0.3, 0.4) is 0 Å². The summed E-state index contributed by atoms with van der Waals surface area (Å²) < 4.78 is 5.55. The minimum Gasteiger partial charge on any atom is -0.507 e. The Morgan fingerprint density at radius 2 is 1.71 bits per heavy atom. The van der Waals surface area contributed by atoms with Crippen LogP contribution >= 0.6 is 0 Å². The van der Waals surface area contributed by atoms with Crippen LogP contribution in [-0.2, 0) is 6.42 Å². The van der Waals surface area contributed by atoms with Crippen molar-refractivity contribution in [3.8, 4) is 17.2 Å². The van der Waals surface area contributed by atoms with Crippen molar-refractivity contribution in [1.82, 2.24) is 0 Å². The minimum absolute atomic E-state index is 0.0856. The molecule has 114 valence electrons. The summed E-state index contributed by atoms with van der Waals surface area (Å²) in [4.78, 5) is 11.8. The quantitative estimate of drug-likeness (QED) is 0.486. The maximum absolute atomic E-state index is 11.8. The van der Waals surface area contributed by atoms with Crippen molar-refractivity contribution in [3.05, 3.63) is 40.7 Å². The molecule has 0 unspecified atom stereocenters. The van der Waals surface area contributed by atoms with Crippen molar-refractivity contribution in [2.75, 3.05) is 0 Å². The van der Waals surface area contributed by atoms with E-state index in [2.05, 4.69) is 0 Å². The van der Waals surface area contributed by atoms with E-state index in [1.165, 1.54) is 19.3 Å². The summed E-state index contributed by atoms with van der Waals surface area (Å²) in [5.41, 5.74) is 2.56. The number of phenolic OH excluding ortho intramolecular Hbond substituents is 2. The van der Waals surface area contributed by atoms with Gasteiger partial charge in [0.25, 0.3) is 0 Å². The number of hydrogen-bond donors (Lipinski definition) is 2. The van der Waals surface area contributed by atoms with Crippen LogP contribution in [0.4, 0.5) is 0 Å². The maximum atomic E-state index is 11.8. The van der Waals surface area contributed by atoms with Gasteiger partial charge in [-0.1, -0.05) is 11.6 Å². The Morgan fingerprint density at radius 3 is 2.19 bits per heavy atom. The maximum Gasteiger partial charge on any atom is 0.167 e. The Kier molecular flexibility index (Phi) is 5.59. The number of hydrogen-bond acceptors (Lipinski definition) is 4. The predicted molar refractivity (Wildman–Crippen MR) is 83.0 cm³/mol. The average molecular weight is 290 g/mol. The molecule has 1 aromatic rings. The molecule has 0 spiro atoms. The monoisotopic (exact) mass is 290 g/mol. The molecule has 0 fully saturated rings. The van der Waals surface area contributed by atoms with E-state index < -0.39 is 0 Å². The molecule has 0 aliphatic rings. The smallest absolute Gasteiger partial charge is 0.167 e. The van der Waals surface area contributed by atoms with Crippen molar-refractivity contribution in [2.45, 2.75) is 41.0 Å². The van der Waals surface area contributed by atoms with Crippen LogP contribution in [0.2, 0.25) is 0 Å². The number of Topliss-reactive ketones (excluding diaryl/α,β-unsaturated/α-hetero) is 1. The number of ketones is 1. The van der Waals surface area contributed by atoms with E-state index in [0.717, 1.165) is 11.1 Å². The fourth-order valence-corrected chi connectivity index (χ4v) is 1.82. The second-order valence-electron chi connectivity index (χ2n) is 5.45. The molecule has 1 aromatic carbocycles. The van der Waals surface area contributed by atoms with Gasteiger partial charge >= 0.3 is 0 Å². The van der Waals surface area contributed by atoms with Gasteiger partial charge in [0.1, 0.15) is 22.8 Å². The second-order valence-corrected chi connectivity index (χ2v) is 5.45. The molecule has 0 aliphatic heterocycles. The molecule has 0 amide bonds. The van der Waals surface area contributed by atoms with Crippen molar-refractivity contribution < 1.29 is 19.7 Å². The third kappa shape index (κ3) is 4.38. The average Bonchev–Trinajstić information content (AvgIpc) is 2.33. The molecule has 4 heteroatoms. The van der Waals surface area contributed by atoms with Crippen LogP contribution in [0.15, 0.2) is 29.6 Å². The first-order valence-electron chi connectivity index (χ1n) is 6.76. The topological polar surface area (TPSA) is 66.8 Å². The van der Waals surface area contributed by atoms with E-state index in [9.17, 15) is 15.0 Å². The third-order valence-corrected chi connectivity index (χ3v) is 2.82. The van der Waals surface area contributed by atoms with Crippen LogP contribution in [0.1, 0.15) is 50.5 Å². The van der Waals surface area contributed by atoms with Crippen molar-refractivity contribution in [3.63, 3.8) is 0 Å². The minimum atomic E-state index is -0.317. The Balaban J connectivity index is 3.51. The van der Waals surface area contributed by atoms with Crippen molar-refractivity contribution in [1.29, 1.82) is 0 Å². The summed E-state index contributed by atoms with van der Waals surface area (Å²) in [5.74, 6) is -0.480. The van der Waals surface area contributed by atoms with Crippen molar-refractivity contribution in [2.24, 2.45) is 0 Å². The van der Waals surface area contributed by atoms with Gasteiger partial charge in [-0.05, 0) is 46.6 Å². The lowest BCUT2D eigenvalue weighted by Gasteiger charge is -2.15. The lowest BCUT2D eigenvalue weighted by atomic mass is 10.00. The van der Waals surface area contributed by atoms with Gasteiger partial charge in [-0.2, -0.15) is 0 Å².